The molecule has 0 atom stereocenters. The summed E-state index contributed by atoms with van der Waals surface area (Å²) in [6.07, 6.45) is 0. The van der Waals surface area contributed by atoms with Gasteiger partial charge in [0.15, 0.2) is 4.77 Å². The average molecular weight is 311 g/mol. The van der Waals surface area contributed by atoms with Gasteiger partial charge in [-0.25, -0.2) is 0 Å². The largest absolute Gasteiger partial charge is 0.545 e. The Morgan fingerprint density at radius 3 is 2.59 bits per heavy atom. The van der Waals surface area contributed by atoms with E-state index in [0.29, 0.717) is 17.4 Å². The molecule has 3 rings (SSSR count). The van der Waals surface area contributed by atoms with Crippen LogP contribution in [0.5, 0.6) is 0 Å². The Kier molecular flexibility index (Phi) is 3.60. The lowest BCUT2D eigenvalue weighted by Gasteiger charge is -2.09. The molecule has 22 heavy (non-hydrogen) atoms. The molecule has 1 aromatic heterocycles. The highest BCUT2D eigenvalue weighted by Crippen LogP contribution is 2.11. The molecule has 0 amide bonds. The average Bonchev–Trinajstić information content (AvgIpc) is 2.52. The molecule has 0 aliphatic rings. The monoisotopic (exact) mass is 311 g/mol. The van der Waals surface area contributed by atoms with E-state index in [4.69, 9.17) is 12.2 Å². The van der Waals surface area contributed by atoms with E-state index >= 15 is 0 Å². The van der Waals surface area contributed by atoms with E-state index in [0.717, 1.165) is 5.56 Å². The minimum Gasteiger partial charge on any atom is -0.545 e. The first-order chi connectivity index (χ1) is 10.6. The molecule has 0 fully saturated rings. The Bertz CT molecular complexity index is 974. The van der Waals surface area contributed by atoms with Crippen LogP contribution < -0.4 is 10.7 Å². The first-order valence-electron chi connectivity index (χ1n) is 6.58. The lowest BCUT2D eigenvalue weighted by atomic mass is 10.1. The highest BCUT2D eigenvalue weighted by molar-refractivity contribution is 7.71. The van der Waals surface area contributed by atoms with Crippen LogP contribution in [0.25, 0.3) is 10.9 Å². The number of fused-ring (bicyclic) bond motifs is 1. The SMILES string of the molecule is O=C([O-])c1ccc2c(=O)n(Cc3ccccc3)c(=S)[nH]c2c1. The van der Waals surface area contributed by atoms with E-state index < -0.39 is 5.97 Å². The number of aromatic amines is 1. The van der Waals surface area contributed by atoms with Crippen LogP contribution in [0, 0.1) is 4.77 Å². The van der Waals surface area contributed by atoms with Crippen molar-refractivity contribution in [3.8, 4) is 0 Å². The number of hydrogen-bond acceptors (Lipinski definition) is 4. The molecule has 1 heterocycles. The summed E-state index contributed by atoms with van der Waals surface area (Å²) in [7, 11) is 0. The van der Waals surface area contributed by atoms with Crippen LogP contribution in [-0.4, -0.2) is 15.5 Å². The zero-order valence-corrected chi connectivity index (χ0v) is 12.2. The maximum Gasteiger partial charge on any atom is 0.262 e. The number of aromatic carboxylic acids is 1. The Hall–Kier alpha value is -2.73. The quantitative estimate of drug-likeness (QED) is 0.743. The van der Waals surface area contributed by atoms with Crippen molar-refractivity contribution in [2.75, 3.05) is 0 Å². The topological polar surface area (TPSA) is 77.9 Å². The molecule has 0 saturated carbocycles. The summed E-state index contributed by atoms with van der Waals surface area (Å²) < 4.78 is 1.70. The highest BCUT2D eigenvalue weighted by Gasteiger charge is 2.07. The van der Waals surface area contributed by atoms with Gasteiger partial charge < -0.3 is 14.9 Å². The smallest absolute Gasteiger partial charge is 0.262 e. The molecular formula is C16H11N2O3S-. The lowest BCUT2D eigenvalue weighted by Crippen LogP contribution is -2.24. The van der Waals surface area contributed by atoms with E-state index in [2.05, 4.69) is 4.98 Å². The van der Waals surface area contributed by atoms with Crippen LogP contribution in [0.15, 0.2) is 53.3 Å². The van der Waals surface area contributed by atoms with Gasteiger partial charge in [0.25, 0.3) is 5.56 Å². The zero-order valence-electron chi connectivity index (χ0n) is 11.4. The van der Waals surface area contributed by atoms with E-state index in [9.17, 15) is 14.7 Å². The minimum absolute atomic E-state index is 0.00152. The van der Waals surface area contributed by atoms with Crippen LogP contribution in [0.2, 0.25) is 0 Å². The van der Waals surface area contributed by atoms with Gasteiger partial charge in [-0.3, -0.25) is 9.36 Å². The third kappa shape index (κ3) is 2.56. The van der Waals surface area contributed by atoms with Crippen LogP contribution in [-0.2, 0) is 6.54 Å². The molecule has 110 valence electrons. The van der Waals surface area contributed by atoms with Crippen LogP contribution in [0.4, 0.5) is 0 Å². The van der Waals surface area contributed by atoms with E-state index in [1.807, 2.05) is 30.3 Å². The molecule has 0 radical (unpaired) electrons. The number of rotatable bonds is 3. The van der Waals surface area contributed by atoms with Crippen molar-refractivity contribution in [2.45, 2.75) is 6.54 Å². The fourth-order valence-electron chi connectivity index (χ4n) is 2.29. The molecule has 3 aromatic rings. The first-order valence-corrected chi connectivity index (χ1v) is 6.99. The van der Waals surface area contributed by atoms with Crippen molar-refractivity contribution >= 4 is 29.1 Å². The number of carboxylic acid groups (broad SMARTS) is 1. The van der Waals surface area contributed by atoms with Gasteiger partial charge in [-0.1, -0.05) is 36.4 Å². The van der Waals surface area contributed by atoms with Gasteiger partial charge in [-0.05, 0) is 35.5 Å². The van der Waals surface area contributed by atoms with Crippen LogP contribution >= 0.6 is 12.2 Å². The lowest BCUT2D eigenvalue weighted by molar-refractivity contribution is -0.255. The molecular weight excluding hydrogens is 300 g/mol. The molecule has 0 saturated heterocycles. The number of carboxylic acids is 1. The van der Waals surface area contributed by atoms with Crippen molar-refractivity contribution in [1.82, 2.24) is 9.55 Å². The van der Waals surface area contributed by atoms with Gasteiger partial charge in [0.2, 0.25) is 0 Å². The Balaban J connectivity index is 2.17. The predicted octanol–water partition coefficient (Wildman–Crippen LogP) is 1.47. The number of carbonyl (C=O) groups is 1. The normalized spacial score (nSPS) is 10.7. The van der Waals surface area contributed by atoms with Crippen molar-refractivity contribution < 1.29 is 9.90 Å². The molecule has 1 N–H and O–H groups in total. The fourth-order valence-corrected chi connectivity index (χ4v) is 2.55. The Morgan fingerprint density at radius 1 is 1.18 bits per heavy atom. The standard InChI is InChI=1S/C16H12N2O3S/c19-14-12-7-6-11(15(20)21)8-13(12)17-16(22)18(14)9-10-4-2-1-3-5-10/h1-8H,9H2,(H,17,22)(H,20,21)/p-1. The molecule has 0 unspecified atom stereocenters. The Labute approximate surface area is 130 Å². The predicted molar refractivity (Wildman–Crippen MR) is 83.3 cm³/mol. The zero-order chi connectivity index (χ0) is 15.7. The number of carbonyl (C=O) groups excluding carboxylic acids is 1. The van der Waals surface area contributed by atoms with Crippen LogP contribution in [0.1, 0.15) is 15.9 Å². The molecule has 5 nitrogen and oxygen atoms in total. The summed E-state index contributed by atoms with van der Waals surface area (Å²) in [5.41, 5.74) is 1.08. The van der Waals surface area contributed by atoms with Crippen molar-refractivity contribution in [3.05, 3.63) is 74.8 Å². The number of nitrogens with one attached hydrogen (secondary N) is 1. The highest BCUT2D eigenvalue weighted by atomic mass is 32.1. The van der Waals surface area contributed by atoms with Gasteiger partial charge in [0.05, 0.1) is 23.4 Å². The number of nitrogens with zero attached hydrogens (tertiary/aromatic N) is 1. The van der Waals surface area contributed by atoms with Crippen molar-refractivity contribution in [2.24, 2.45) is 0 Å². The van der Waals surface area contributed by atoms with Gasteiger partial charge in [-0.2, -0.15) is 0 Å². The van der Waals surface area contributed by atoms with Gasteiger partial charge in [0, 0.05) is 0 Å². The molecule has 0 aliphatic heterocycles. The van der Waals surface area contributed by atoms with Crippen molar-refractivity contribution in [3.63, 3.8) is 0 Å². The third-order valence-corrected chi connectivity index (χ3v) is 3.72. The van der Waals surface area contributed by atoms with Crippen molar-refractivity contribution in [1.29, 1.82) is 0 Å². The summed E-state index contributed by atoms with van der Waals surface area (Å²) in [6, 6.07) is 13.7. The molecule has 6 heteroatoms. The summed E-state index contributed by atoms with van der Waals surface area (Å²) in [5.74, 6) is -1.30. The molecule has 0 aliphatic carbocycles. The summed E-state index contributed by atoms with van der Waals surface area (Å²) >= 11 is 5.22. The van der Waals surface area contributed by atoms with E-state index in [1.165, 1.54) is 22.8 Å². The number of aromatic nitrogens is 2. The summed E-state index contributed by atoms with van der Waals surface area (Å²) in [4.78, 5) is 26.3. The number of benzene rings is 2. The Morgan fingerprint density at radius 2 is 1.91 bits per heavy atom. The maximum absolute atomic E-state index is 12.5. The number of hydrogen-bond donors (Lipinski definition) is 1. The third-order valence-electron chi connectivity index (χ3n) is 3.40. The minimum atomic E-state index is -1.30. The maximum atomic E-state index is 12.5. The van der Waals surface area contributed by atoms with Gasteiger partial charge >= 0.3 is 0 Å². The first kappa shape index (κ1) is 14.2. The second kappa shape index (κ2) is 5.57. The molecule has 0 bridgehead atoms. The second-order valence-corrected chi connectivity index (χ2v) is 5.24. The fraction of sp³-hybridized carbons (Fsp3) is 0.0625. The van der Waals surface area contributed by atoms with Crippen LogP contribution in [0.3, 0.4) is 0 Å². The van der Waals surface area contributed by atoms with E-state index in [1.54, 1.807) is 0 Å². The molecule has 0 spiro atoms. The molecule has 2 aromatic carbocycles. The van der Waals surface area contributed by atoms with E-state index in [-0.39, 0.29) is 15.9 Å². The van der Waals surface area contributed by atoms with Gasteiger partial charge in [-0.15, -0.1) is 0 Å². The van der Waals surface area contributed by atoms with Gasteiger partial charge in [0.1, 0.15) is 0 Å². The summed E-state index contributed by atoms with van der Waals surface area (Å²) in [5, 5.41) is 11.3. The second-order valence-electron chi connectivity index (χ2n) is 4.85. The number of H-pyrrole nitrogens is 1. The summed E-state index contributed by atoms with van der Waals surface area (Å²) in [6.45, 7) is 0.354.